The van der Waals surface area contributed by atoms with E-state index < -0.39 is 0 Å². The fraction of sp³-hybridized carbons (Fsp3) is 0.250. The second-order valence-electron chi connectivity index (χ2n) is 6.17. The number of hydrogen-bond donors (Lipinski definition) is 0. The third-order valence-corrected chi connectivity index (χ3v) is 4.31. The van der Waals surface area contributed by atoms with Gasteiger partial charge in [-0.05, 0) is 36.8 Å². The summed E-state index contributed by atoms with van der Waals surface area (Å²) in [5.74, 6) is 1.52. The van der Waals surface area contributed by atoms with Crippen molar-refractivity contribution >= 4 is 17.5 Å². The van der Waals surface area contributed by atoms with Gasteiger partial charge in [0.05, 0.1) is 10.6 Å². The number of ether oxygens (including phenoxy) is 1. The van der Waals surface area contributed by atoms with E-state index in [9.17, 15) is 4.79 Å². The van der Waals surface area contributed by atoms with Gasteiger partial charge in [-0.15, -0.1) is 0 Å². The van der Waals surface area contributed by atoms with Crippen LogP contribution in [0.2, 0.25) is 5.02 Å². The van der Waals surface area contributed by atoms with E-state index in [0.717, 1.165) is 11.3 Å². The van der Waals surface area contributed by atoms with Gasteiger partial charge in [0.2, 0.25) is 0 Å². The Balaban J connectivity index is 1.52. The number of benzene rings is 2. The maximum absolute atomic E-state index is 12.4. The van der Waals surface area contributed by atoms with Crippen molar-refractivity contribution in [3.8, 4) is 5.75 Å². The Labute approximate surface area is 162 Å². The Morgan fingerprint density at radius 2 is 2.04 bits per heavy atom. The average Bonchev–Trinajstić information content (AvgIpc) is 3.12. The molecule has 2 aromatic carbocycles. The number of nitrogens with zero attached hydrogens (tertiary/aromatic N) is 3. The maximum Gasteiger partial charge on any atom is 0.264 e. The van der Waals surface area contributed by atoms with Crippen LogP contribution in [0, 0.1) is 6.92 Å². The number of amides is 1. The third-order valence-electron chi connectivity index (χ3n) is 3.98. The molecule has 0 spiro atoms. The minimum Gasteiger partial charge on any atom is -0.484 e. The first-order valence-electron chi connectivity index (χ1n) is 8.54. The van der Waals surface area contributed by atoms with Gasteiger partial charge in [-0.2, -0.15) is 4.98 Å². The van der Waals surface area contributed by atoms with E-state index in [4.69, 9.17) is 20.9 Å². The lowest BCUT2D eigenvalue weighted by Gasteiger charge is -2.16. The van der Waals surface area contributed by atoms with Crippen LogP contribution in [0.15, 0.2) is 53.1 Å². The first-order chi connectivity index (χ1) is 13.0. The molecule has 0 bridgehead atoms. The Morgan fingerprint density at radius 1 is 1.22 bits per heavy atom. The van der Waals surface area contributed by atoms with Gasteiger partial charge in [0.15, 0.2) is 12.4 Å². The lowest BCUT2D eigenvalue weighted by atomic mass is 10.2. The van der Waals surface area contributed by atoms with Gasteiger partial charge in [-0.3, -0.25) is 4.79 Å². The summed E-state index contributed by atoms with van der Waals surface area (Å²) in [5, 5.41) is 4.37. The van der Waals surface area contributed by atoms with Gasteiger partial charge < -0.3 is 14.2 Å². The summed E-state index contributed by atoms with van der Waals surface area (Å²) in [5.41, 5.74) is 1.59. The van der Waals surface area contributed by atoms with Gasteiger partial charge in [0.1, 0.15) is 5.75 Å². The first kappa shape index (κ1) is 18.9. The number of carbonyl (C=O) groups excluding carboxylic acids is 1. The Morgan fingerprint density at radius 3 is 2.81 bits per heavy atom. The van der Waals surface area contributed by atoms with Crippen LogP contribution >= 0.6 is 11.6 Å². The fourth-order valence-corrected chi connectivity index (χ4v) is 2.73. The molecular formula is C20H20ClN3O3. The Hall–Kier alpha value is -2.86. The van der Waals surface area contributed by atoms with Crippen LogP contribution in [-0.2, 0) is 13.0 Å². The topological polar surface area (TPSA) is 68.5 Å². The summed E-state index contributed by atoms with van der Waals surface area (Å²) >= 11 is 6.08. The molecule has 6 nitrogen and oxygen atoms in total. The Kier molecular flexibility index (Phi) is 6.08. The van der Waals surface area contributed by atoms with Crippen LogP contribution in [0.1, 0.15) is 27.6 Å². The standard InChI is InChI=1S/C20H20ClN3O3/c1-14-6-5-7-15(12-14)26-13-19-22-18(23-27-19)10-11-24(2)20(25)16-8-3-4-9-17(16)21/h3-9,12H,10-11,13H2,1-2H3. The van der Waals surface area contributed by atoms with E-state index in [1.807, 2.05) is 31.2 Å². The summed E-state index contributed by atoms with van der Waals surface area (Å²) < 4.78 is 10.8. The second kappa shape index (κ2) is 8.68. The summed E-state index contributed by atoms with van der Waals surface area (Å²) in [6, 6.07) is 14.7. The van der Waals surface area contributed by atoms with Gasteiger partial charge in [0.25, 0.3) is 11.8 Å². The summed E-state index contributed by atoms with van der Waals surface area (Å²) in [7, 11) is 1.72. The number of carbonyl (C=O) groups is 1. The highest BCUT2D eigenvalue weighted by Gasteiger charge is 2.16. The zero-order chi connectivity index (χ0) is 19.2. The van der Waals surface area contributed by atoms with Crippen molar-refractivity contribution in [1.82, 2.24) is 15.0 Å². The molecule has 0 atom stereocenters. The van der Waals surface area contributed by atoms with Crippen LogP contribution in [0.25, 0.3) is 0 Å². The van der Waals surface area contributed by atoms with Crippen molar-refractivity contribution in [2.24, 2.45) is 0 Å². The number of likely N-dealkylation sites (N-methyl/N-ethyl adjacent to an activating group) is 1. The number of aryl methyl sites for hydroxylation is 1. The molecular weight excluding hydrogens is 366 g/mol. The van der Waals surface area contributed by atoms with Crippen molar-refractivity contribution in [3.63, 3.8) is 0 Å². The van der Waals surface area contributed by atoms with Crippen molar-refractivity contribution in [3.05, 3.63) is 76.4 Å². The molecule has 0 aliphatic carbocycles. The van der Waals surface area contributed by atoms with Crippen LogP contribution in [0.4, 0.5) is 0 Å². The molecule has 1 amide bonds. The van der Waals surface area contributed by atoms with E-state index in [1.54, 1.807) is 36.2 Å². The largest absolute Gasteiger partial charge is 0.484 e. The van der Waals surface area contributed by atoms with E-state index in [0.29, 0.717) is 35.3 Å². The minimum absolute atomic E-state index is 0.146. The molecule has 140 valence electrons. The summed E-state index contributed by atoms with van der Waals surface area (Å²) in [4.78, 5) is 18.3. The Bertz CT molecular complexity index is 926. The predicted octanol–water partition coefficient (Wildman–Crippen LogP) is 3.93. The summed E-state index contributed by atoms with van der Waals surface area (Å²) in [6.45, 7) is 2.64. The molecule has 3 aromatic rings. The molecule has 0 saturated heterocycles. The highest BCUT2D eigenvalue weighted by molar-refractivity contribution is 6.33. The predicted molar refractivity (Wildman–Crippen MR) is 102 cm³/mol. The SMILES string of the molecule is Cc1cccc(OCc2nc(CCN(C)C(=O)c3ccccc3Cl)no2)c1. The number of aromatic nitrogens is 2. The third kappa shape index (κ3) is 5.08. The normalized spacial score (nSPS) is 10.6. The molecule has 0 aliphatic rings. The van der Waals surface area contributed by atoms with Crippen LogP contribution in [0.3, 0.4) is 0 Å². The van der Waals surface area contributed by atoms with Gasteiger partial charge in [-0.25, -0.2) is 0 Å². The molecule has 0 fully saturated rings. The first-order valence-corrected chi connectivity index (χ1v) is 8.91. The van der Waals surface area contributed by atoms with Gasteiger partial charge in [0, 0.05) is 20.0 Å². The van der Waals surface area contributed by atoms with Crippen LogP contribution in [0.5, 0.6) is 5.75 Å². The second-order valence-corrected chi connectivity index (χ2v) is 6.57. The molecule has 1 heterocycles. The molecule has 0 radical (unpaired) electrons. The maximum atomic E-state index is 12.4. The smallest absolute Gasteiger partial charge is 0.264 e. The molecule has 27 heavy (non-hydrogen) atoms. The lowest BCUT2D eigenvalue weighted by Crippen LogP contribution is -2.29. The zero-order valence-corrected chi connectivity index (χ0v) is 15.9. The molecule has 3 rings (SSSR count). The van der Waals surface area contributed by atoms with E-state index >= 15 is 0 Å². The quantitative estimate of drug-likeness (QED) is 0.616. The molecule has 1 aromatic heterocycles. The van der Waals surface area contributed by atoms with Crippen LogP contribution < -0.4 is 4.74 Å². The van der Waals surface area contributed by atoms with E-state index in [-0.39, 0.29) is 12.5 Å². The van der Waals surface area contributed by atoms with Crippen molar-refractivity contribution in [2.45, 2.75) is 20.0 Å². The van der Waals surface area contributed by atoms with Crippen molar-refractivity contribution in [2.75, 3.05) is 13.6 Å². The average molecular weight is 386 g/mol. The number of hydrogen-bond acceptors (Lipinski definition) is 5. The van der Waals surface area contributed by atoms with E-state index in [2.05, 4.69) is 10.1 Å². The van der Waals surface area contributed by atoms with E-state index in [1.165, 1.54) is 0 Å². The molecule has 0 saturated carbocycles. The lowest BCUT2D eigenvalue weighted by molar-refractivity contribution is 0.0796. The summed E-state index contributed by atoms with van der Waals surface area (Å²) in [6.07, 6.45) is 0.473. The van der Waals surface area contributed by atoms with Gasteiger partial charge in [-0.1, -0.05) is 41.0 Å². The highest BCUT2D eigenvalue weighted by atomic mass is 35.5. The fourth-order valence-electron chi connectivity index (χ4n) is 2.51. The van der Waals surface area contributed by atoms with Crippen molar-refractivity contribution < 1.29 is 14.1 Å². The molecule has 0 aliphatic heterocycles. The molecule has 0 unspecified atom stereocenters. The van der Waals surface area contributed by atoms with Crippen LogP contribution in [-0.4, -0.2) is 34.5 Å². The zero-order valence-electron chi connectivity index (χ0n) is 15.2. The van der Waals surface area contributed by atoms with Crippen molar-refractivity contribution in [1.29, 1.82) is 0 Å². The van der Waals surface area contributed by atoms with Gasteiger partial charge >= 0.3 is 0 Å². The monoisotopic (exact) mass is 385 g/mol. The molecule has 7 heteroatoms. The minimum atomic E-state index is -0.146. The number of halogens is 1. The number of rotatable bonds is 7. The molecule has 0 N–H and O–H groups in total. The highest BCUT2D eigenvalue weighted by Crippen LogP contribution is 2.17.